The average molecular weight is 255 g/mol. The first kappa shape index (κ1) is 15.3. The van der Waals surface area contributed by atoms with Crippen LogP contribution in [0.4, 0.5) is 4.79 Å². The summed E-state index contributed by atoms with van der Waals surface area (Å²) in [7, 11) is 0. The number of hydrogen-bond acceptors (Lipinski definition) is 2. The Balaban J connectivity index is 2.55. The molecule has 4 heteroatoms. The van der Waals surface area contributed by atoms with Gasteiger partial charge in [0.25, 0.3) is 0 Å². The van der Waals surface area contributed by atoms with Crippen LogP contribution >= 0.6 is 0 Å². The molecule has 106 valence electrons. The van der Waals surface area contributed by atoms with E-state index in [1.807, 2.05) is 11.8 Å². The van der Waals surface area contributed by atoms with Crippen LogP contribution in [0.25, 0.3) is 0 Å². The van der Waals surface area contributed by atoms with Crippen LogP contribution in [0, 0.1) is 11.8 Å². The number of piperidine rings is 1. The summed E-state index contributed by atoms with van der Waals surface area (Å²) in [5.74, 6) is 1.14. The van der Waals surface area contributed by atoms with Crippen LogP contribution in [-0.4, -0.2) is 36.1 Å². The van der Waals surface area contributed by atoms with Crippen molar-refractivity contribution < 1.29 is 4.79 Å². The first-order valence-corrected chi connectivity index (χ1v) is 7.13. The highest BCUT2D eigenvalue weighted by Crippen LogP contribution is 2.18. The summed E-state index contributed by atoms with van der Waals surface area (Å²) < 4.78 is 0. The molecular formula is C14H29N3O. The Hall–Kier alpha value is -0.770. The molecule has 0 radical (unpaired) electrons. The normalized spacial score (nSPS) is 23.9. The topological polar surface area (TPSA) is 58.4 Å². The van der Waals surface area contributed by atoms with Gasteiger partial charge in [0.15, 0.2) is 0 Å². The maximum Gasteiger partial charge on any atom is 0.317 e. The van der Waals surface area contributed by atoms with Gasteiger partial charge in [0, 0.05) is 19.6 Å². The van der Waals surface area contributed by atoms with Gasteiger partial charge in [-0.15, -0.1) is 0 Å². The zero-order chi connectivity index (χ0) is 13.8. The van der Waals surface area contributed by atoms with Gasteiger partial charge in [0.05, 0.1) is 5.54 Å². The lowest BCUT2D eigenvalue weighted by molar-refractivity contribution is 0.156. The third kappa shape index (κ3) is 4.48. The highest BCUT2D eigenvalue weighted by Gasteiger charge is 2.29. The number of likely N-dealkylation sites (tertiary alicyclic amines) is 1. The first-order chi connectivity index (χ1) is 8.36. The fourth-order valence-corrected chi connectivity index (χ4v) is 2.80. The maximum absolute atomic E-state index is 12.3. The number of nitrogens with one attached hydrogen (secondary N) is 1. The Morgan fingerprint density at radius 1 is 1.56 bits per heavy atom. The molecule has 1 aliphatic heterocycles. The Kier molecular flexibility index (Phi) is 5.45. The summed E-state index contributed by atoms with van der Waals surface area (Å²) in [5, 5.41) is 3.13. The molecule has 4 nitrogen and oxygen atoms in total. The van der Waals surface area contributed by atoms with Crippen LogP contribution < -0.4 is 11.1 Å². The summed E-state index contributed by atoms with van der Waals surface area (Å²) in [5.41, 5.74) is 5.54. The van der Waals surface area contributed by atoms with Crippen molar-refractivity contribution in [3.8, 4) is 0 Å². The Morgan fingerprint density at radius 3 is 2.72 bits per heavy atom. The van der Waals surface area contributed by atoms with Crippen molar-refractivity contribution in [2.24, 2.45) is 17.6 Å². The SMILES string of the molecule is CC(C)CC(C)(CN)NC(=O)N1CCCC(C)C1. The van der Waals surface area contributed by atoms with E-state index in [0.29, 0.717) is 18.4 Å². The van der Waals surface area contributed by atoms with Gasteiger partial charge in [0.1, 0.15) is 0 Å². The van der Waals surface area contributed by atoms with Crippen LogP contribution in [0.3, 0.4) is 0 Å². The molecule has 1 heterocycles. The standard InChI is InChI=1S/C14H29N3O/c1-11(2)8-14(4,10-15)16-13(18)17-7-5-6-12(3)9-17/h11-12H,5-10,15H2,1-4H3,(H,16,18). The van der Waals surface area contributed by atoms with Gasteiger partial charge >= 0.3 is 6.03 Å². The molecule has 18 heavy (non-hydrogen) atoms. The Labute approximate surface area is 111 Å². The summed E-state index contributed by atoms with van der Waals surface area (Å²) in [6, 6.07) is 0.0511. The van der Waals surface area contributed by atoms with Crippen LogP contribution in [0.5, 0.6) is 0 Å². The number of carbonyl (C=O) groups excluding carboxylic acids is 1. The van der Waals surface area contributed by atoms with Crippen LogP contribution in [0.2, 0.25) is 0 Å². The minimum atomic E-state index is -0.286. The number of amides is 2. The van der Waals surface area contributed by atoms with Crippen molar-refractivity contribution in [2.45, 2.75) is 52.5 Å². The Bertz CT molecular complexity index is 280. The van der Waals surface area contributed by atoms with E-state index in [1.165, 1.54) is 6.42 Å². The molecule has 1 rings (SSSR count). The van der Waals surface area contributed by atoms with Gasteiger partial charge in [-0.3, -0.25) is 0 Å². The van der Waals surface area contributed by atoms with Gasteiger partial charge in [-0.05, 0) is 38.0 Å². The smallest absolute Gasteiger partial charge is 0.317 e. The number of nitrogens with zero attached hydrogens (tertiary/aromatic N) is 1. The predicted molar refractivity (Wildman–Crippen MR) is 75.4 cm³/mol. The molecule has 0 aromatic heterocycles. The van der Waals surface area contributed by atoms with E-state index in [1.54, 1.807) is 0 Å². The van der Waals surface area contributed by atoms with Gasteiger partial charge in [-0.2, -0.15) is 0 Å². The number of rotatable bonds is 4. The molecule has 1 saturated heterocycles. The molecule has 0 aromatic carbocycles. The van der Waals surface area contributed by atoms with Crippen LogP contribution in [-0.2, 0) is 0 Å². The van der Waals surface area contributed by atoms with E-state index < -0.39 is 0 Å². The van der Waals surface area contributed by atoms with Crippen LogP contribution in [0.1, 0.15) is 47.0 Å². The number of hydrogen-bond donors (Lipinski definition) is 2. The van der Waals surface area contributed by atoms with E-state index in [4.69, 9.17) is 5.73 Å². The zero-order valence-corrected chi connectivity index (χ0v) is 12.3. The van der Waals surface area contributed by atoms with Gasteiger partial charge in [-0.25, -0.2) is 4.79 Å². The van der Waals surface area contributed by atoms with Gasteiger partial charge in [-0.1, -0.05) is 20.8 Å². The van der Waals surface area contributed by atoms with Crippen molar-refractivity contribution in [2.75, 3.05) is 19.6 Å². The molecule has 0 aliphatic carbocycles. The third-order valence-electron chi connectivity index (χ3n) is 3.66. The first-order valence-electron chi connectivity index (χ1n) is 7.13. The van der Waals surface area contributed by atoms with Crippen molar-refractivity contribution >= 4 is 6.03 Å². The van der Waals surface area contributed by atoms with Crippen LogP contribution in [0.15, 0.2) is 0 Å². The largest absolute Gasteiger partial charge is 0.332 e. The van der Waals surface area contributed by atoms with Crippen molar-refractivity contribution in [1.82, 2.24) is 10.2 Å². The molecule has 2 amide bonds. The number of urea groups is 1. The van der Waals surface area contributed by atoms with Gasteiger partial charge in [0.2, 0.25) is 0 Å². The van der Waals surface area contributed by atoms with E-state index >= 15 is 0 Å². The monoisotopic (exact) mass is 255 g/mol. The summed E-state index contributed by atoms with van der Waals surface area (Å²) in [6.45, 7) is 10.8. The summed E-state index contributed by atoms with van der Waals surface area (Å²) >= 11 is 0. The molecular weight excluding hydrogens is 226 g/mol. The average Bonchev–Trinajstić information content (AvgIpc) is 2.27. The molecule has 0 spiro atoms. The fourth-order valence-electron chi connectivity index (χ4n) is 2.80. The second-order valence-electron chi connectivity index (χ2n) is 6.49. The quantitative estimate of drug-likeness (QED) is 0.809. The second-order valence-corrected chi connectivity index (χ2v) is 6.49. The molecule has 0 bridgehead atoms. The lowest BCUT2D eigenvalue weighted by Crippen LogP contribution is -2.57. The minimum Gasteiger partial charge on any atom is -0.332 e. The number of nitrogens with two attached hydrogens (primary N) is 1. The minimum absolute atomic E-state index is 0.0511. The fraction of sp³-hybridized carbons (Fsp3) is 0.929. The molecule has 0 aromatic rings. The third-order valence-corrected chi connectivity index (χ3v) is 3.66. The lowest BCUT2D eigenvalue weighted by atomic mass is 9.91. The summed E-state index contributed by atoms with van der Waals surface area (Å²) in [4.78, 5) is 14.2. The second kappa shape index (κ2) is 6.41. The Morgan fingerprint density at radius 2 is 2.22 bits per heavy atom. The van der Waals surface area contributed by atoms with E-state index in [2.05, 4.69) is 26.1 Å². The van der Waals surface area contributed by atoms with E-state index in [-0.39, 0.29) is 11.6 Å². The van der Waals surface area contributed by atoms with E-state index in [9.17, 15) is 4.79 Å². The molecule has 3 N–H and O–H groups in total. The molecule has 1 aliphatic rings. The predicted octanol–water partition coefficient (Wildman–Crippen LogP) is 2.19. The zero-order valence-electron chi connectivity index (χ0n) is 12.3. The van der Waals surface area contributed by atoms with Gasteiger partial charge < -0.3 is 16.0 Å². The van der Waals surface area contributed by atoms with Crippen molar-refractivity contribution in [3.63, 3.8) is 0 Å². The molecule has 1 fully saturated rings. The molecule has 0 saturated carbocycles. The highest BCUT2D eigenvalue weighted by atomic mass is 16.2. The lowest BCUT2D eigenvalue weighted by Gasteiger charge is -2.37. The number of carbonyl (C=O) groups is 1. The summed E-state index contributed by atoms with van der Waals surface area (Å²) in [6.07, 6.45) is 3.25. The highest BCUT2D eigenvalue weighted by molar-refractivity contribution is 5.75. The van der Waals surface area contributed by atoms with Crippen molar-refractivity contribution in [1.29, 1.82) is 0 Å². The molecule has 2 unspecified atom stereocenters. The van der Waals surface area contributed by atoms with E-state index in [0.717, 1.165) is 25.9 Å². The maximum atomic E-state index is 12.3. The molecule has 2 atom stereocenters. The van der Waals surface area contributed by atoms with Crippen molar-refractivity contribution in [3.05, 3.63) is 0 Å².